The molecule has 0 spiro atoms. The smallest absolute Gasteiger partial charge is 0.326 e. The summed E-state index contributed by atoms with van der Waals surface area (Å²) in [7, 11) is 2.28. The third-order valence-electron chi connectivity index (χ3n) is 3.43. The Bertz CT molecular complexity index is 950. The van der Waals surface area contributed by atoms with Crippen molar-refractivity contribution in [2.75, 3.05) is 19.5 Å². The zero-order valence-electron chi connectivity index (χ0n) is 14.3. The summed E-state index contributed by atoms with van der Waals surface area (Å²) >= 11 is 3.03. The molecule has 0 bridgehead atoms. The second-order valence-electron chi connectivity index (χ2n) is 5.08. The first-order chi connectivity index (χ1) is 13.2. The summed E-state index contributed by atoms with van der Waals surface area (Å²) in [6.45, 7) is 0. The van der Waals surface area contributed by atoms with Crippen LogP contribution in [0.5, 0.6) is 11.5 Å². The summed E-state index contributed by atoms with van der Waals surface area (Å²) < 4.78 is 37.3. The van der Waals surface area contributed by atoms with Crippen molar-refractivity contribution in [3.63, 3.8) is 0 Å². The van der Waals surface area contributed by atoms with Crippen LogP contribution < -0.4 is 20.1 Å². The second-order valence-corrected chi connectivity index (χ2v) is 5.94. The molecule has 9 nitrogen and oxygen atoms in total. The molecule has 0 aromatic heterocycles. The summed E-state index contributed by atoms with van der Waals surface area (Å²) in [6.07, 6.45) is 0. The zero-order chi connectivity index (χ0) is 21.0. The van der Waals surface area contributed by atoms with Gasteiger partial charge in [0.2, 0.25) is 5.75 Å². The van der Waals surface area contributed by atoms with E-state index in [1.807, 2.05) is 10.6 Å². The van der Waals surface area contributed by atoms with Crippen molar-refractivity contribution in [1.82, 2.24) is 5.32 Å². The normalized spacial score (nSPS) is 10.2. The first-order valence-corrected chi connectivity index (χ1v) is 8.15. The summed E-state index contributed by atoms with van der Waals surface area (Å²) in [6, 6.07) is 2.69. The van der Waals surface area contributed by atoms with E-state index in [9.17, 15) is 28.5 Å². The van der Waals surface area contributed by atoms with Gasteiger partial charge in [-0.3, -0.25) is 20.2 Å². The van der Waals surface area contributed by atoms with E-state index in [0.29, 0.717) is 0 Å². The minimum absolute atomic E-state index is 0.0493. The summed E-state index contributed by atoms with van der Waals surface area (Å²) in [5, 5.41) is 14.9. The van der Waals surface area contributed by atoms with Crippen LogP contribution in [0.4, 0.5) is 25.0 Å². The van der Waals surface area contributed by atoms with Gasteiger partial charge < -0.3 is 14.8 Å². The molecule has 0 unspecified atom stereocenters. The number of ether oxygens (including phenoxy) is 2. The largest absolute Gasteiger partial charge is 0.495 e. The number of rotatable bonds is 5. The van der Waals surface area contributed by atoms with Gasteiger partial charge in [0.05, 0.1) is 23.6 Å². The van der Waals surface area contributed by atoms with Gasteiger partial charge in [0.15, 0.2) is 0 Å². The highest BCUT2D eigenvalue weighted by Crippen LogP contribution is 2.42. The maximum absolute atomic E-state index is 13.6. The van der Waals surface area contributed by atoms with Gasteiger partial charge in [-0.15, -0.1) is 0 Å². The zero-order valence-corrected chi connectivity index (χ0v) is 15.9. The summed E-state index contributed by atoms with van der Waals surface area (Å²) in [4.78, 5) is 35.0. The molecule has 2 N–H and O–H groups in total. The van der Waals surface area contributed by atoms with Crippen molar-refractivity contribution in [2.24, 2.45) is 0 Å². The van der Waals surface area contributed by atoms with E-state index in [1.54, 1.807) is 0 Å². The molecule has 2 aromatic carbocycles. The maximum atomic E-state index is 13.6. The van der Waals surface area contributed by atoms with Crippen LogP contribution in [0, 0.1) is 21.7 Å². The minimum Gasteiger partial charge on any atom is -0.495 e. The van der Waals surface area contributed by atoms with Crippen molar-refractivity contribution in [1.29, 1.82) is 0 Å². The molecule has 2 aromatic rings. The van der Waals surface area contributed by atoms with Crippen molar-refractivity contribution < 1.29 is 32.8 Å². The number of nitrogens with one attached hydrogen (secondary N) is 2. The highest BCUT2D eigenvalue weighted by molar-refractivity contribution is 9.10. The molecule has 0 atom stereocenters. The Hall–Kier alpha value is -3.28. The molecule has 0 fully saturated rings. The van der Waals surface area contributed by atoms with Crippen LogP contribution in [0.25, 0.3) is 0 Å². The quantitative estimate of drug-likeness (QED) is 0.520. The molecule has 3 amide bonds. The monoisotopic (exact) mass is 459 g/mol. The van der Waals surface area contributed by atoms with Gasteiger partial charge in [0.1, 0.15) is 28.6 Å². The maximum Gasteiger partial charge on any atom is 0.326 e. The molecule has 0 heterocycles. The number of imide groups is 1. The second kappa shape index (κ2) is 8.61. The number of benzene rings is 2. The molecule has 0 aliphatic carbocycles. The lowest BCUT2D eigenvalue weighted by atomic mass is 10.1. The predicted molar refractivity (Wildman–Crippen MR) is 96.7 cm³/mol. The Balaban J connectivity index is 2.40. The Morgan fingerprint density at radius 3 is 2.21 bits per heavy atom. The minimum atomic E-state index is -1.28. The van der Waals surface area contributed by atoms with Crippen LogP contribution in [0.15, 0.2) is 28.7 Å². The number of urea groups is 1. The van der Waals surface area contributed by atoms with Crippen LogP contribution >= 0.6 is 15.9 Å². The van der Waals surface area contributed by atoms with Crippen LogP contribution in [-0.4, -0.2) is 31.1 Å². The lowest BCUT2D eigenvalue weighted by Crippen LogP contribution is -2.35. The first kappa shape index (κ1) is 21.0. The average molecular weight is 460 g/mol. The lowest BCUT2D eigenvalue weighted by molar-refractivity contribution is -0.385. The third-order valence-corrected chi connectivity index (χ3v) is 4.02. The molecule has 148 valence electrons. The fraction of sp³-hybridized carbons (Fsp3) is 0.125. The standard InChI is InChI=1S/C16H12BrF2N3O6/c1-27-13-7(17)6-10(22(25)26)14(28-2)11(13)15(23)21-16(24)20-12-8(18)4-3-5-9(12)19/h3-6H,1-2H3,(H2,20,21,23,24). The molecule has 0 radical (unpaired) electrons. The van der Waals surface area contributed by atoms with Gasteiger partial charge in [-0.2, -0.15) is 0 Å². The molecular weight excluding hydrogens is 448 g/mol. The molecule has 0 aliphatic rings. The number of para-hydroxylation sites is 1. The number of amides is 3. The molecule has 28 heavy (non-hydrogen) atoms. The van der Waals surface area contributed by atoms with Gasteiger partial charge in [-0.1, -0.05) is 6.07 Å². The number of hydrogen-bond acceptors (Lipinski definition) is 6. The summed E-state index contributed by atoms with van der Waals surface area (Å²) in [5.74, 6) is -3.89. The number of nitro groups is 1. The van der Waals surface area contributed by atoms with E-state index in [1.165, 1.54) is 7.11 Å². The number of carbonyl (C=O) groups excluding carboxylic acids is 2. The Labute approximate surface area is 164 Å². The van der Waals surface area contributed by atoms with E-state index in [0.717, 1.165) is 31.4 Å². The fourth-order valence-electron chi connectivity index (χ4n) is 2.28. The number of carbonyl (C=O) groups is 2. The van der Waals surface area contributed by atoms with Gasteiger partial charge in [-0.05, 0) is 28.1 Å². The fourth-order valence-corrected chi connectivity index (χ4v) is 2.85. The number of halogens is 3. The topological polar surface area (TPSA) is 120 Å². The van der Waals surface area contributed by atoms with Crippen molar-refractivity contribution in [3.05, 3.63) is 56.1 Å². The van der Waals surface area contributed by atoms with Crippen molar-refractivity contribution in [2.45, 2.75) is 0 Å². The number of anilines is 1. The van der Waals surface area contributed by atoms with E-state index >= 15 is 0 Å². The van der Waals surface area contributed by atoms with Crippen LogP contribution in [0.3, 0.4) is 0 Å². The molecule has 2 rings (SSSR count). The predicted octanol–water partition coefficient (Wildman–Crippen LogP) is 3.61. The number of nitrogens with zero attached hydrogens (tertiary/aromatic N) is 1. The van der Waals surface area contributed by atoms with Crippen molar-refractivity contribution >= 4 is 39.2 Å². The lowest BCUT2D eigenvalue weighted by Gasteiger charge is -2.15. The number of hydrogen-bond donors (Lipinski definition) is 2. The first-order valence-electron chi connectivity index (χ1n) is 7.36. The summed E-state index contributed by atoms with van der Waals surface area (Å²) in [5.41, 5.74) is -1.80. The number of nitro benzene ring substituents is 1. The molecule has 12 heteroatoms. The average Bonchev–Trinajstić information content (AvgIpc) is 2.63. The van der Waals surface area contributed by atoms with Gasteiger partial charge in [0.25, 0.3) is 5.91 Å². The SMILES string of the molecule is COc1c(Br)cc([N+](=O)[O-])c(OC)c1C(=O)NC(=O)Nc1c(F)cccc1F. The van der Waals surface area contributed by atoms with Crippen LogP contribution in [0.2, 0.25) is 0 Å². The molecule has 0 saturated carbocycles. The third kappa shape index (κ3) is 4.17. The Kier molecular flexibility index (Phi) is 6.46. The van der Waals surface area contributed by atoms with Crippen LogP contribution in [0.1, 0.15) is 10.4 Å². The van der Waals surface area contributed by atoms with E-state index in [2.05, 4.69) is 15.9 Å². The molecule has 0 aliphatic heterocycles. The van der Waals surface area contributed by atoms with Gasteiger partial charge >= 0.3 is 11.7 Å². The van der Waals surface area contributed by atoms with E-state index in [-0.39, 0.29) is 10.2 Å². The highest BCUT2D eigenvalue weighted by Gasteiger charge is 2.31. The van der Waals surface area contributed by atoms with E-state index in [4.69, 9.17) is 9.47 Å². The molecule has 0 saturated heterocycles. The number of methoxy groups -OCH3 is 2. The van der Waals surface area contributed by atoms with E-state index < -0.39 is 51.2 Å². The Morgan fingerprint density at radius 2 is 1.71 bits per heavy atom. The Morgan fingerprint density at radius 1 is 1.14 bits per heavy atom. The van der Waals surface area contributed by atoms with Gasteiger partial charge in [-0.25, -0.2) is 13.6 Å². The van der Waals surface area contributed by atoms with Crippen molar-refractivity contribution in [3.8, 4) is 11.5 Å². The van der Waals surface area contributed by atoms with Gasteiger partial charge in [0, 0.05) is 6.07 Å². The highest BCUT2D eigenvalue weighted by atomic mass is 79.9. The molecular formula is C16H12BrF2N3O6. The van der Waals surface area contributed by atoms with Crippen LogP contribution in [-0.2, 0) is 0 Å².